The number of carboxylic acids is 1. The van der Waals surface area contributed by atoms with Crippen molar-refractivity contribution in [2.75, 3.05) is 18.0 Å². The lowest BCUT2D eigenvalue weighted by molar-refractivity contribution is -0.123. The number of pyridine rings is 2. The number of aromatic carboxylic acids is 1. The predicted molar refractivity (Wildman–Crippen MR) is 111 cm³/mol. The number of oxazole rings is 1. The highest BCUT2D eigenvalue weighted by atomic mass is 32.1. The van der Waals surface area contributed by atoms with E-state index in [2.05, 4.69) is 15.0 Å². The van der Waals surface area contributed by atoms with Crippen LogP contribution in [0.1, 0.15) is 16.2 Å². The molecule has 0 saturated carbocycles. The smallest absolute Gasteiger partial charge is 0.341 e. The molecule has 0 amide bonds. The molecule has 0 aromatic carbocycles. The van der Waals surface area contributed by atoms with Crippen molar-refractivity contribution in [1.29, 1.82) is 0 Å². The van der Waals surface area contributed by atoms with Gasteiger partial charge in [-0.25, -0.2) is 24.1 Å². The lowest BCUT2D eigenvalue weighted by Gasteiger charge is -2.39. The lowest BCUT2D eigenvalue weighted by Crippen LogP contribution is -2.51. The highest BCUT2D eigenvalue weighted by Crippen LogP contribution is 2.29. The van der Waals surface area contributed by atoms with Crippen molar-refractivity contribution < 1.29 is 23.5 Å². The number of rotatable bonds is 6. The van der Waals surface area contributed by atoms with Gasteiger partial charge in [-0.3, -0.25) is 14.2 Å². The first-order chi connectivity index (χ1) is 15.4. The molecule has 0 bridgehead atoms. The molecule has 1 aliphatic rings. The molecule has 4 aromatic heterocycles. The summed E-state index contributed by atoms with van der Waals surface area (Å²) in [5.74, 6) is -2.30. The van der Waals surface area contributed by atoms with E-state index in [1.54, 1.807) is 10.3 Å². The van der Waals surface area contributed by atoms with Gasteiger partial charge in [0.05, 0.1) is 23.9 Å². The Morgan fingerprint density at radius 2 is 2.09 bits per heavy atom. The molecule has 4 aromatic rings. The number of aromatic nitrogens is 4. The zero-order valence-electron chi connectivity index (χ0n) is 16.3. The van der Waals surface area contributed by atoms with Gasteiger partial charge < -0.3 is 14.4 Å². The molecule has 10 nitrogen and oxygen atoms in total. The fourth-order valence-corrected chi connectivity index (χ4v) is 4.18. The van der Waals surface area contributed by atoms with Crippen molar-refractivity contribution in [2.24, 2.45) is 5.92 Å². The van der Waals surface area contributed by atoms with Crippen LogP contribution in [-0.2, 0) is 11.2 Å². The van der Waals surface area contributed by atoms with Gasteiger partial charge in [-0.2, -0.15) is 0 Å². The van der Waals surface area contributed by atoms with E-state index in [4.69, 9.17) is 4.42 Å². The molecule has 5 heterocycles. The topological polar surface area (TPSA) is 131 Å². The van der Waals surface area contributed by atoms with Crippen LogP contribution in [0.2, 0.25) is 0 Å². The van der Waals surface area contributed by atoms with Crippen LogP contribution in [0.15, 0.2) is 45.5 Å². The number of halogens is 1. The molecule has 1 N–H and O–H groups in total. The third-order valence-electron chi connectivity index (χ3n) is 5.21. The molecule has 0 atom stereocenters. The zero-order valence-corrected chi connectivity index (χ0v) is 17.1. The molecular formula is C20H14FN5O5S. The number of Topliss-reactive ketones (excluding diaryl/α,β-unsaturated/α-hetero) is 1. The maximum absolute atomic E-state index is 14.9. The average molecular weight is 455 g/mol. The van der Waals surface area contributed by atoms with Gasteiger partial charge in [-0.1, -0.05) is 0 Å². The summed E-state index contributed by atoms with van der Waals surface area (Å²) in [6.45, 7) is 0.507. The quantitative estimate of drug-likeness (QED) is 0.463. The summed E-state index contributed by atoms with van der Waals surface area (Å²) in [5, 5.41) is 11.3. The fourth-order valence-electron chi connectivity index (χ4n) is 3.56. The van der Waals surface area contributed by atoms with Crippen molar-refractivity contribution in [3.8, 4) is 5.13 Å². The Morgan fingerprint density at radius 3 is 2.75 bits per heavy atom. The number of fused-ring (bicyclic) bond motifs is 1. The van der Waals surface area contributed by atoms with E-state index in [0.29, 0.717) is 11.0 Å². The Bertz CT molecular complexity index is 1390. The first-order valence-electron chi connectivity index (χ1n) is 9.47. The van der Waals surface area contributed by atoms with E-state index in [1.807, 2.05) is 0 Å². The summed E-state index contributed by atoms with van der Waals surface area (Å²) in [4.78, 5) is 50.5. The molecule has 0 radical (unpaired) electrons. The summed E-state index contributed by atoms with van der Waals surface area (Å²) in [6.07, 6.45) is 5.57. The van der Waals surface area contributed by atoms with E-state index in [0.717, 1.165) is 12.3 Å². The summed E-state index contributed by atoms with van der Waals surface area (Å²) >= 11 is 1.21. The second-order valence-electron chi connectivity index (χ2n) is 7.20. The molecule has 1 aliphatic heterocycles. The highest BCUT2D eigenvalue weighted by Gasteiger charge is 2.35. The van der Waals surface area contributed by atoms with Gasteiger partial charge in [0.15, 0.2) is 22.4 Å². The number of carboxylic acid groups (broad SMARTS) is 1. The van der Waals surface area contributed by atoms with Crippen molar-refractivity contribution in [2.45, 2.75) is 6.42 Å². The standard InChI is InChI=1S/C20H14FN5O5S/c21-13-5-11-16(28)12(19(29)30)9-26(20-23-2-4-32-20)17(11)24-18(13)25-7-10(8-25)14(27)6-15-22-1-3-31-15/h1-5,9-10H,6-8H2,(H,29,30). The largest absolute Gasteiger partial charge is 0.477 e. The van der Waals surface area contributed by atoms with Crippen LogP contribution < -0.4 is 10.3 Å². The molecule has 0 aliphatic carbocycles. The van der Waals surface area contributed by atoms with Crippen molar-refractivity contribution in [1.82, 2.24) is 19.5 Å². The Kier molecular flexibility index (Phi) is 4.78. The third kappa shape index (κ3) is 3.34. The van der Waals surface area contributed by atoms with Crippen molar-refractivity contribution in [3.05, 3.63) is 63.8 Å². The molecule has 0 spiro atoms. The average Bonchev–Trinajstić information content (AvgIpc) is 3.42. The van der Waals surface area contributed by atoms with Gasteiger partial charge >= 0.3 is 5.97 Å². The number of thiazole rings is 1. The van der Waals surface area contributed by atoms with Crippen LogP contribution in [0.25, 0.3) is 16.2 Å². The first-order valence-corrected chi connectivity index (χ1v) is 10.4. The van der Waals surface area contributed by atoms with Gasteiger partial charge in [-0.15, -0.1) is 11.3 Å². The SMILES string of the molecule is O=C(O)c1cn(-c2nccs2)c2nc(N3CC(C(=O)Cc4ncco4)C3)c(F)cc2c1=O. The van der Waals surface area contributed by atoms with E-state index in [9.17, 15) is 23.9 Å². The van der Waals surface area contributed by atoms with Crippen LogP contribution in [-0.4, -0.2) is 49.5 Å². The number of carbonyl (C=O) groups excluding carboxylic acids is 1. The predicted octanol–water partition coefficient (Wildman–Crippen LogP) is 1.92. The third-order valence-corrected chi connectivity index (χ3v) is 5.98. The molecule has 1 fully saturated rings. The maximum atomic E-state index is 14.9. The summed E-state index contributed by atoms with van der Waals surface area (Å²) in [6, 6.07) is 0.985. The van der Waals surface area contributed by atoms with Crippen LogP contribution in [0.3, 0.4) is 0 Å². The van der Waals surface area contributed by atoms with Crippen LogP contribution in [0.4, 0.5) is 10.2 Å². The number of hydrogen-bond acceptors (Lipinski definition) is 9. The van der Waals surface area contributed by atoms with Crippen LogP contribution in [0.5, 0.6) is 0 Å². The normalized spacial score (nSPS) is 14.0. The van der Waals surface area contributed by atoms with Gasteiger partial charge in [0.1, 0.15) is 17.6 Å². The Labute approximate surface area is 182 Å². The lowest BCUT2D eigenvalue weighted by atomic mass is 9.93. The molecule has 12 heteroatoms. The molecule has 5 rings (SSSR count). The van der Waals surface area contributed by atoms with Crippen LogP contribution >= 0.6 is 11.3 Å². The number of nitrogens with zero attached hydrogens (tertiary/aromatic N) is 5. The zero-order chi connectivity index (χ0) is 22.4. The van der Waals surface area contributed by atoms with Crippen molar-refractivity contribution in [3.63, 3.8) is 0 Å². The molecule has 162 valence electrons. The summed E-state index contributed by atoms with van der Waals surface area (Å²) in [5.41, 5.74) is -1.26. The summed E-state index contributed by atoms with van der Waals surface area (Å²) < 4.78 is 21.3. The first kappa shape index (κ1) is 20.0. The van der Waals surface area contributed by atoms with Gasteiger partial charge in [0.2, 0.25) is 11.3 Å². The second kappa shape index (κ2) is 7.64. The van der Waals surface area contributed by atoms with E-state index >= 15 is 0 Å². The number of hydrogen-bond donors (Lipinski definition) is 1. The minimum absolute atomic E-state index is 0.0227. The van der Waals surface area contributed by atoms with E-state index in [-0.39, 0.29) is 48.1 Å². The number of anilines is 1. The molecule has 1 saturated heterocycles. The minimum atomic E-state index is -1.43. The molecule has 0 unspecified atom stereocenters. The second-order valence-corrected chi connectivity index (χ2v) is 8.07. The Morgan fingerprint density at radius 1 is 1.28 bits per heavy atom. The molecular weight excluding hydrogens is 441 g/mol. The highest BCUT2D eigenvalue weighted by molar-refractivity contribution is 7.12. The van der Waals surface area contributed by atoms with Gasteiger partial charge in [-0.05, 0) is 6.07 Å². The van der Waals surface area contributed by atoms with Crippen molar-refractivity contribution >= 4 is 39.9 Å². The van der Waals surface area contributed by atoms with Gasteiger partial charge in [0.25, 0.3) is 0 Å². The monoisotopic (exact) mass is 455 g/mol. The fraction of sp³-hybridized carbons (Fsp3) is 0.200. The number of carbonyl (C=O) groups is 2. The Balaban J connectivity index is 1.50. The van der Waals surface area contributed by atoms with E-state index < -0.39 is 22.8 Å². The van der Waals surface area contributed by atoms with E-state index in [1.165, 1.54) is 34.6 Å². The Hall–Kier alpha value is -3.93. The maximum Gasteiger partial charge on any atom is 0.341 e. The summed E-state index contributed by atoms with van der Waals surface area (Å²) in [7, 11) is 0. The minimum Gasteiger partial charge on any atom is -0.477 e. The van der Waals surface area contributed by atoms with Crippen LogP contribution in [0, 0.1) is 11.7 Å². The van der Waals surface area contributed by atoms with Gasteiger partial charge in [0, 0.05) is 30.9 Å². The number of ketones is 1. The molecule has 32 heavy (non-hydrogen) atoms.